The molecule has 1 aliphatic rings. The summed E-state index contributed by atoms with van der Waals surface area (Å²) in [5.74, 6) is 0.348. The number of rotatable bonds is 7. The fourth-order valence-corrected chi connectivity index (χ4v) is 5.85. The predicted octanol–water partition coefficient (Wildman–Crippen LogP) is 3.81. The van der Waals surface area contributed by atoms with Gasteiger partial charge in [-0.25, -0.2) is 9.78 Å². The third kappa shape index (κ3) is 4.86. The van der Waals surface area contributed by atoms with Crippen LogP contribution in [0.25, 0.3) is 5.00 Å². The molecule has 0 bridgehead atoms. The number of aromatic nitrogens is 5. The molecule has 38 heavy (non-hydrogen) atoms. The number of fused-ring (bicyclic) bond motifs is 3. The first-order valence-corrected chi connectivity index (χ1v) is 13.2. The molecule has 1 unspecified atom stereocenters. The summed E-state index contributed by atoms with van der Waals surface area (Å²) in [6, 6.07) is 5.96. The maximum absolute atomic E-state index is 13.3. The number of nitrogens with zero attached hydrogens (tertiary/aromatic N) is 5. The van der Waals surface area contributed by atoms with Crippen LogP contribution in [0.4, 0.5) is 0 Å². The van der Waals surface area contributed by atoms with Crippen LogP contribution in [0.1, 0.15) is 51.4 Å². The zero-order valence-electron chi connectivity index (χ0n) is 21.3. The maximum Gasteiger partial charge on any atom is 0.328 e. The van der Waals surface area contributed by atoms with Crippen LogP contribution in [0, 0.1) is 20.8 Å². The molecule has 1 amide bonds. The highest BCUT2D eigenvalue weighted by Crippen LogP contribution is 2.39. The first-order chi connectivity index (χ1) is 18.3. The van der Waals surface area contributed by atoms with E-state index >= 15 is 0 Å². The summed E-state index contributed by atoms with van der Waals surface area (Å²) >= 11 is 7.81. The van der Waals surface area contributed by atoms with Gasteiger partial charge in [0, 0.05) is 39.3 Å². The van der Waals surface area contributed by atoms with Gasteiger partial charge in [0.25, 0.3) is 0 Å². The SMILES string of the molecule is COC(=O)C(Cc1cnc[nH]1)NC(=O)C[C@@H]1N=C(c2ccc(Cl)cc2)c2c(sc(C)c2C)-n2c(C)nnc21. The number of ether oxygens (including phenoxy) is 1. The van der Waals surface area contributed by atoms with E-state index in [1.54, 1.807) is 17.5 Å². The second-order valence-electron chi connectivity index (χ2n) is 9.03. The number of esters is 1. The van der Waals surface area contributed by atoms with E-state index in [1.165, 1.54) is 13.4 Å². The summed E-state index contributed by atoms with van der Waals surface area (Å²) in [6.45, 7) is 6.02. The topological polar surface area (TPSA) is 127 Å². The Balaban J connectivity index is 1.54. The molecule has 10 nitrogen and oxygen atoms in total. The van der Waals surface area contributed by atoms with Gasteiger partial charge in [0.15, 0.2) is 5.82 Å². The number of methoxy groups -OCH3 is 1. The lowest BCUT2D eigenvalue weighted by molar-refractivity contribution is -0.145. The van der Waals surface area contributed by atoms with Crippen LogP contribution in [0.15, 0.2) is 41.8 Å². The number of thiophene rings is 1. The molecule has 3 aromatic heterocycles. The van der Waals surface area contributed by atoms with Crippen molar-refractivity contribution in [1.29, 1.82) is 0 Å². The van der Waals surface area contributed by atoms with Crippen molar-refractivity contribution in [3.05, 3.63) is 80.7 Å². The molecule has 4 aromatic rings. The molecule has 196 valence electrons. The van der Waals surface area contributed by atoms with E-state index in [-0.39, 0.29) is 18.7 Å². The minimum absolute atomic E-state index is 0.0430. The molecule has 1 aromatic carbocycles. The zero-order valence-corrected chi connectivity index (χ0v) is 22.9. The number of carbonyl (C=O) groups excluding carboxylic acids is 2. The van der Waals surface area contributed by atoms with Crippen molar-refractivity contribution in [3.8, 4) is 5.00 Å². The van der Waals surface area contributed by atoms with Gasteiger partial charge in [0.05, 0.1) is 25.6 Å². The van der Waals surface area contributed by atoms with Gasteiger partial charge in [-0.15, -0.1) is 21.5 Å². The molecule has 1 aliphatic heterocycles. The van der Waals surface area contributed by atoms with E-state index in [1.807, 2.05) is 35.8 Å². The summed E-state index contributed by atoms with van der Waals surface area (Å²) in [5.41, 5.74) is 4.42. The lowest BCUT2D eigenvalue weighted by atomic mass is 9.99. The Morgan fingerprint density at radius 2 is 1.97 bits per heavy atom. The maximum atomic E-state index is 13.3. The number of benzene rings is 1. The average Bonchev–Trinajstić information content (AvgIpc) is 3.59. The number of H-pyrrole nitrogens is 1. The van der Waals surface area contributed by atoms with Gasteiger partial charge in [-0.1, -0.05) is 23.7 Å². The monoisotopic (exact) mass is 551 g/mol. The summed E-state index contributed by atoms with van der Waals surface area (Å²) in [4.78, 5) is 39.0. The number of aryl methyl sites for hydroxylation is 2. The molecule has 0 radical (unpaired) electrons. The molecular formula is C26H26ClN7O3S. The number of hydrogen-bond acceptors (Lipinski definition) is 8. The number of aromatic amines is 1. The third-order valence-electron chi connectivity index (χ3n) is 6.54. The quantitative estimate of drug-likeness (QED) is 0.336. The van der Waals surface area contributed by atoms with E-state index in [2.05, 4.69) is 39.3 Å². The molecule has 0 saturated heterocycles. The van der Waals surface area contributed by atoms with Crippen molar-refractivity contribution in [3.63, 3.8) is 0 Å². The van der Waals surface area contributed by atoms with E-state index in [0.717, 1.165) is 32.3 Å². The van der Waals surface area contributed by atoms with Gasteiger partial charge >= 0.3 is 5.97 Å². The Morgan fingerprint density at radius 1 is 1.21 bits per heavy atom. The lowest BCUT2D eigenvalue weighted by Gasteiger charge is -2.18. The van der Waals surface area contributed by atoms with Gasteiger partial charge in [0.1, 0.15) is 22.9 Å². The molecule has 2 N–H and O–H groups in total. The first-order valence-electron chi connectivity index (χ1n) is 12.0. The largest absolute Gasteiger partial charge is 0.467 e. The standard InChI is InChI=1S/C26H26ClN7O3S/c1-13-14(2)38-25-22(13)23(16-5-7-17(27)8-6-16)31-19(24-33-32-15(3)34(24)25)10-21(35)30-20(26(36)37-4)9-18-11-28-12-29-18/h5-8,11-12,19-20H,9-10H2,1-4H3,(H,28,29)(H,30,35)/t19-,20?/m0/s1. The number of amides is 1. The number of nitrogens with one attached hydrogen (secondary N) is 2. The normalized spacial score (nSPS) is 15.2. The van der Waals surface area contributed by atoms with Crippen molar-refractivity contribution in [1.82, 2.24) is 30.0 Å². The van der Waals surface area contributed by atoms with Gasteiger partial charge in [-0.05, 0) is 38.5 Å². The number of aliphatic imine (C=N–C) groups is 1. The van der Waals surface area contributed by atoms with Crippen molar-refractivity contribution >= 4 is 40.5 Å². The summed E-state index contributed by atoms with van der Waals surface area (Å²) in [5, 5.41) is 13.1. The van der Waals surface area contributed by atoms with Gasteiger partial charge in [0.2, 0.25) is 5.91 Å². The highest BCUT2D eigenvalue weighted by atomic mass is 35.5. The van der Waals surface area contributed by atoms with Gasteiger partial charge < -0.3 is 15.0 Å². The third-order valence-corrected chi connectivity index (χ3v) is 7.98. The van der Waals surface area contributed by atoms with Gasteiger partial charge in [-0.2, -0.15) is 0 Å². The molecule has 5 rings (SSSR count). The van der Waals surface area contributed by atoms with E-state index < -0.39 is 18.1 Å². The van der Waals surface area contributed by atoms with E-state index in [9.17, 15) is 9.59 Å². The van der Waals surface area contributed by atoms with Crippen LogP contribution < -0.4 is 5.32 Å². The van der Waals surface area contributed by atoms with E-state index in [0.29, 0.717) is 22.4 Å². The van der Waals surface area contributed by atoms with Crippen LogP contribution in [0.2, 0.25) is 5.02 Å². The van der Waals surface area contributed by atoms with Crippen LogP contribution in [-0.4, -0.2) is 55.5 Å². The van der Waals surface area contributed by atoms with E-state index in [4.69, 9.17) is 21.3 Å². The predicted molar refractivity (Wildman–Crippen MR) is 144 cm³/mol. The smallest absolute Gasteiger partial charge is 0.328 e. The number of carbonyl (C=O) groups is 2. The number of hydrogen-bond donors (Lipinski definition) is 2. The zero-order chi connectivity index (χ0) is 27.0. The van der Waals surface area contributed by atoms with Crippen LogP contribution >= 0.6 is 22.9 Å². The average molecular weight is 552 g/mol. The fraction of sp³-hybridized carbons (Fsp3) is 0.308. The van der Waals surface area contributed by atoms with Crippen LogP contribution in [0.5, 0.6) is 0 Å². The molecule has 12 heteroatoms. The molecular weight excluding hydrogens is 526 g/mol. The highest BCUT2D eigenvalue weighted by Gasteiger charge is 2.33. The Kier molecular flexibility index (Phi) is 7.13. The molecule has 2 atom stereocenters. The van der Waals surface area contributed by atoms with Crippen molar-refractivity contribution in [2.75, 3.05) is 7.11 Å². The Labute approximate surface area is 228 Å². The lowest BCUT2D eigenvalue weighted by Crippen LogP contribution is -2.43. The molecule has 0 fully saturated rings. The van der Waals surface area contributed by atoms with Crippen LogP contribution in [-0.2, 0) is 20.7 Å². The molecule has 0 saturated carbocycles. The first kappa shape index (κ1) is 25.8. The summed E-state index contributed by atoms with van der Waals surface area (Å²) in [6.07, 6.45) is 3.29. The Bertz CT molecular complexity index is 1520. The number of imidazole rings is 1. The fourth-order valence-electron chi connectivity index (χ4n) is 4.51. The van der Waals surface area contributed by atoms with Crippen LogP contribution in [0.3, 0.4) is 0 Å². The highest BCUT2D eigenvalue weighted by molar-refractivity contribution is 7.15. The minimum atomic E-state index is -0.885. The van der Waals surface area contributed by atoms with Crippen molar-refractivity contribution in [2.45, 2.75) is 45.7 Å². The minimum Gasteiger partial charge on any atom is -0.467 e. The summed E-state index contributed by atoms with van der Waals surface area (Å²) in [7, 11) is 1.29. The second-order valence-corrected chi connectivity index (χ2v) is 10.7. The van der Waals surface area contributed by atoms with Gasteiger partial charge in [-0.3, -0.25) is 14.4 Å². The second kappa shape index (κ2) is 10.5. The van der Waals surface area contributed by atoms with Crippen molar-refractivity contribution in [2.24, 2.45) is 4.99 Å². The Hall–Kier alpha value is -3.83. The molecule has 0 spiro atoms. The number of halogens is 1. The van der Waals surface area contributed by atoms with Crippen molar-refractivity contribution < 1.29 is 14.3 Å². The molecule has 0 aliphatic carbocycles. The summed E-state index contributed by atoms with van der Waals surface area (Å²) < 4.78 is 6.90. The Morgan fingerprint density at radius 3 is 2.66 bits per heavy atom. The molecule has 4 heterocycles.